The highest BCUT2D eigenvalue weighted by molar-refractivity contribution is 5.91. The molecule has 28 heavy (non-hydrogen) atoms. The molecule has 0 N–H and O–H groups in total. The van der Waals surface area contributed by atoms with Crippen LogP contribution in [0.2, 0.25) is 0 Å². The van der Waals surface area contributed by atoms with Crippen LogP contribution < -0.4 is 0 Å². The number of allylic oxidation sites excluding steroid dienone is 2. The van der Waals surface area contributed by atoms with Crippen LogP contribution in [0.25, 0.3) is 0 Å². The van der Waals surface area contributed by atoms with Crippen LogP contribution in [0.4, 0.5) is 0 Å². The molecule has 1 aliphatic heterocycles. The van der Waals surface area contributed by atoms with Crippen molar-refractivity contribution < 1.29 is 28.6 Å². The van der Waals surface area contributed by atoms with Crippen molar-refractivity contribution in [3.05, 3.63) is 47.1 Å². The molecule has 0 saturated carbocycles. The zero-order valence-corrected chi connectivity index (χ0v) is 16.9. The van der Waals surface area contributed by atoms with E-state index < -0.39 is 24.1 Å². The van der Waals surface area contributed by atoms with Gasteiger partial charge in [-0.15, -0.1) is 0 Å². The predicted octanol–water partition coefficient (Wildman–Crippen LogP) is 3.58. The molecule has 0 bridgehead atoms. The van der Waals surface area contributed by atoms with E-state index in [2.05, 4.69) is 6.58 Å². The van der Waals surface area contributed by atoms with Gasteiger partial charge in [-0.25, -0.2) is 9.59 Å². The monoisotopic (exact) mass is 388 g/mol. The van der Waals surface area contributed by atoms with Gasteiger partial charge >= 0.3 is 17.9 Å². The van der Waals surface area contributed by atoms with E-state index in [1.807, 2.05) is 32.9 Å². The largest absolute Gasteiger partial charge is 0.458 e. The molecular weight excluding hydrogens is 360 g/mol. The van der Waals surface area contributed by atoms with Gasteiger partial charge in [0, 0.05) is 24.5 Å². The quantitative estimate of drug-likeness (QED) is 0.317. The molecule has 1 fully saturated rings. The summed E-state index contributed by atoms with van der Waals surface area (Å²) in [5.74, 6) is -1.52. The summed E-state index contributed by atoms with van der Waals surface area (Å²) in [5.41, 5.74) is 3.03. The standard InChI is InChI=1S/C22H28O6/c1-13(2)9-21(24)26-12-17-8-6-7-14(3)19(27-16(5)23)11-18-15(4)22(25)28-20(18)10-17/h7,9-10,18-20H,4,6,8,11-12H2,1-3,5H3/b14-7+,17-10-/t18-,19-,20+/m0/s1. The summed E-state index contributed by atoms with van der Waals surface area (Å²) in [5, 5.41) is 0. The van der Waals surface area contributed by atoms with Gasteiger partial charge in [0.25, 0.3) is 0 Å². The Morgan fingerprint density at radius 3 is 2.68 bits per heavy atom. The van der Waals surface area contributed by atoms with Gasteiger partial charge < -0.3 is 14.2 Å². The molecule has 0 amide bonds. The van der Waals surface area contributed by atoms with Gasteiger partial charge in [0.05, 0.1) is 0 Å². The fraction of sp³-hybridized carbons (Fsp3) is 0.500. The highest BCUT2D eigenvalue weighted by Crippen LogP contribution is 2.35. The Balaban J connectivity index is 2.24. The summed E-state index contributed by atoms with van der Waals surface area (Å²) in [6, 6.07) is 0. The van der Waals surface area contributed by atoms with Gasteiger partial charge in [0.1, 0.15) is 18.8 Å². The Kier molecular flexibility index (Phi) is 7.38. The predicted molar refractivity (Wildman–Crippen MR) is 104 cm³/mol. The number of carbonyl (C=O) groups excluding carboxylic acids is 3. The van der Waals surface area contributed by atoms with Crippen molar-refractivity contribution in [3.8, 4) is 0 Å². The average Bonchev–Trinajstić information content (AvgIpc) is 2.85. The fourth-order valence-electron chi connectivity index (χ4n) is 3.31. The molecule has 1 heterocycles. The number of fused-ring (bicyclic) bond motifs is 1. The molecule has 1 saturated heterocycles. The molecule has 0 aromatic rings. The van der Waals surface area contributed by atoms with E-state index in [1.165, 1.54) is 13.0 Å². The molecule has 3 atom stereocenters. The van der Waals surface area contributed by atoms with Gasteiger partial charge in [0.15, 0.2) is 0 Å². The first kappa shape index (κ1) is 21.7. The number of carbonyl (C=O) groups is 3. The molecule has 0 aromatic heterocycles. The van der Waals surface area contributed by atoms with Crippen LogP contribution in [-0.4, -0.2) is 36.7 Å². The number of hydrogen-bond acceptors (Lipinski definition) is 6. The minimum Gasteiger partial charge on any atom is -0.458 e. The molecule has 0 radical (unpaired) electrons. The number of hydrogen-bond donors (Lipinski definition) is 0. The molecule has 6 heteroatoms. The summed E-state index contributed by atoms with van der Waals surface area (Å²) >= 11 is 0. The van der Waals surface area contributed by atoms with E-state index in [-0.39, 0.29) is 18.5 Å². The van der Waals surface area contributed by atoms with Crippen molar-refractivity contribution in [2.45, 2.75) is 59.2 Å². The minimum absolute atomic E-state index is 0.135. The third-order valence-corrected chi connectivity index (χ3v) is 4.77. The number of rotatable bonds is 4. The highest BCUT2D eigenvalue weighted by Gasteiger charge is 2.40. The molecule has 1 aliphatic carbocycles. The van der Waals surface area contributed by atoms with Crippen molar-refractivity contribution in [1.82, 2.24) is 0 Å². The summed E-state index contributed by atoms with van der Waals surface area (Å²) in [6.45, 7) is 10.9. The van der Waals surface area contributed by atoms with Gasteiger partial charge in [-0.3, -0.25) is 4.79 Å². The Morgan fingerprint density at radius 1 is 1.32 bits per heavy atom. The topological polar surface area (TPSA) is 78.9 Å². The third kappa shape index (κ3) is 5.94. The first-order valence-electron chi connectivity index (χ1n) is 9.42. The zero-order chi connectivity index (χ0) is 20.8. The molecule has 2 aliphatic rings. The molecule has 0 aromatic carbocycles. The highest BCUT2D eigenvalue weighted by atomic mass is 16.6. The van der Waals surface area contributed by atoms with Gasteiger partial charge in [0.2, 0.25) is 0 Å². The maximum atomic E-state index is 12.1. The van der Waals surface area contributed by atoms with Crippen LogP contribution >= 0.6 is 0 Å². The summed E-state index contributed by atoms with van der Waals surface area (Å²) < 4.78 is 16.3. The first-order chi connectivity index (χ1) is 13.2. The second kappa shape index (κ2) is 9.53. The Labute approximate surface area is 165 Å². The van der Waals surface area contributed by atoms with E-state index >= 15 is 0 Å². The van der Waals surface area contributed by atoms with E-state index in [0.29, 0.717) is 24.8 Å². The number of ether oxygens (including phenoxy) is 3. The molecule has 6 nitrogen and oxygen atoms in total. The Hall–Kier alpha value is -2.63. The summed E-state index contributed by atoms with van der Waals surface area (Å²) in [7, 11) is 0. The Morgan fingerprint density at radius 2 is 2.04 bits per heavy atom. The summed E-state index contributed by atoms with van der Waals surface area (Å²) in [4.78, 5) is 35.4. The third-order valence-electron chi connectivity index (χ3n) is 4.77. The Bertz CT molecular complexity index is 751. The van der Waals surface area contributed by atoms with Gasteiger partial charge in [-0.2, -0.15) is 0 Å². The maximum Gasteiger partial charge on any atom is 0.334 e. The summed E-state index contributed by atoms with van der Waals surface area (Å²) in [6.07, 6.45) is 6.10. The van der Waals surface area contributed by atoms with Crippen LogP contribution in [0.15, 0.2) is 47.1 Å². The van der Waals surface area contributed by atoms with Crippen molar-refractivity contribution in [1.29, 1.82) is 0 Å². The molecule has 2 rings (SSSR count). The van der Waals surface area contributed by atoms with Gasteiger partial charge in [-0.1, -0.05) is 18.2 Å². The lowest BCUT2D eigenvalue weighted by Crippen LogP contribution is -2.26. The number of esters is 3. The van der Waals surface area contributed by atoms with Gasteiger partial charge in [-0.05, 0) is 57.3 Å². The first-order valence-corrected chi connectivity index (χ1v) is 9.42. The van der Waals surface area contributed by atoms with Crippen LogP contribution in [0.1, 0.15) is 47.0 Å². The normalized spacial score (nSPS) is 28.6. The zero-order valence-electron chi connectivity index (χ0n) is 16.9. The lowest BCUT2D eigenvalue weighted by atomic mass is 9.86. The van der Waals surface area contributed by atoms with E-state index in [4.69, 9.17) is 14.2 Å². The lowest BCUT2D eigenvalue weighted by Gasteiger charge is -2.25. The molecule has 0 spiro atoms. The maximum absolute atomic E-state index is 12.1. The molecule has 152 valence electrons. The fourth-order valence-corrected chi connectivity index (χ4v) is 3.31. The van der Waals surface area contributed by atoms with E-state index in [9.17, 15) is 14.4 Å². The van der Waals surface area contributed by atoms with Crippen molar-refractivity contribution in [3.63, 3.8) is 0 Å². The van der Waals surface area contributed by atoms with Crippen molar-refractivity contribution in [2.75, 3.05) is 6.61 Å². The molecule has 0 unspecified atom stereocenters. The van der Waals surface area contributed by atoms with E-state index in [1.54, 1.807) is 0 Å². The minimum atomic E-state index is -0.513. The lowest BCUT2D eigenvalue weighted by molar-refractivity contribution is -0.145. The van der Waals surface area contributed by atoms with Crippen LogP contribution in [-0.2, 0) is 28.6 Å². The van der Waals surface area contributed by atoms with E-state index in [0.717, 1.165) is 16.7 Å². The van der Waals surface area contributed by atoms with Crippen molar-refractivity contribution in [2.24, 2.45) is 5.92 Å². The molecular formula is C22H28O6. The van der Waals surface area contributed by atoms with Crippen LogP contribution in [0.3, 0.4) is 0 Å². The van der Waals surface area contributed by atoms with Crippen LogP contribution in [0.5, 0.6) is 0 Å². The second-order valence-electron chi connectivity index (χ2n) is 7.48. The van der Waals surface area contributed by atoms with Crippen molar-refractivity contribution >= 4 is 17.9 Å². The smallest absolute Gasteiger partial charge is 0.334 e. The SMILES string of the molecule is C=C1C(=O)O[C@@H]2/C=C(\COC(=O)C=C(C)C)CC/C=C(\C)[C@@H](OC(C)=O)C[C@@H]12. The average molecular weight is 388 g/mol. The van der Waals surface area contributed by atoms with Crippen LogP contribution in [0, 0.1) is 5.92 Å². The second-order valence-corrected chi connectivity index (χ2v) is 7.48.